The van der Waals surface area contributed by atoms with Gasteiger partial charge in [-0.25, -0.2) is 0 Å². The van der Waals surface area contributed by atoms with E-state index in [1.165, 1.54) is 0 Å². The highest BCUT2D eigenvalue weighted by molar-refractivity contribution is 6.14. The molecule has 0 aliphatic carbocycles. The van der Waals surface area contributed by atoms with Crippen molar-refractivity contribution in [3.05, 3.63) is 89.7 Å². The number of benzene rings is 2. The summed E-state index contributed by atoms with van der Waals surface area (Å²) >= 11 is 0. The van der Waals surface area contributed by atoms with Crippen LogP contribution in [0.5, 0.6) is 0 Å². The van der Waals surface area contributed by atoms with Crippen LogP contribution in [0.3, 0.4) is 0 Å². The van der Waals surface area contributed by atoms with E-state index >= 15 is 0 Å². The average molecular weight is 371 g/mol. The van der Waals surface area contributed by atoms with Crippen molar-refractivity contribution in [2.75, 3.05) is 16.3 Å². The van der Waals surface area contributed by atoms with E-state index in [-0.39, 0.29) is 18.4 Å². The molecule has 4 rings (SSSR count). The Hall–Kier alpha value is -3.47. The van der Waals surface area contributed by atoms with Crippen LogP contribution < -0.4 is 9.80 Å². The van der Waals surface area contributed by atoms with Crippen molar-refractivity contribution < 1.29 is 9.59 Å². The predicted octanol–water partition coefficient (Wildman–Crippen LogP) is 3.82. The van der Waals surface area contributed by atoms with Crippen LogP contribution in [0.15, 0.2) is 73.1 Å². The molecule has 2 heterocycles. The van der Waals surface area contributed by atoms with Gasteiger partial charge >= 0.3 is 0 Å². The van der Waals surface area contributed by atoms with E-state index in [1.807, 2.05) is 68.4 Å². The first-order chi connectivity index (χ1) is 13.5. The van der Waals surface area contributed by atoms with Crippen LogP contribution in [-0.2, 0) is 9.59 Å². The monoisotopic (exact) mass is 371 g/mol. The summed E-state index contributed by atoms with van der Waals surface area (Å²) in [4.78, 5) is 34.0. The Morgan fingerprint density at radius 3 is 2.04 bits per heavy atom. The molecule has 28 heavy (non-hydrogen) atoms. The van der Waals surface area contributed by atoms with Gasteiger partial charge in [-0.15, -0.1) is 0 Å². The summed E-state index contributed by atoms with van der Waals surface area (Å²) in [6.07, 6.45) is 3.31. The van der Waals surface area contributed by atoms with Gasteiger partial charge in [0.2, 0.25) is 5.91 Å². The highest BCUT2D eigenvalue weighted by Crippen LogP contribution is 2.34. The molecule has 0 radical (unpaired) electrons. The molecule has 1 saturated heterocycles. The minimum absolute atomic E-state index is 0.00648. The third-order valence-corrected chi connectivity index (χ3v) is 4.98. The lowest BCUT2D eigenvalue weighted by Crippen LogP contribution is -2.56. The first-order valence-electron chi connectivity index (χ1n) is 9.21. The molecule has 1 aliphatic rings. The van der Waals surface area contributed by atoms with E-state index in [0.29, 0.717) is 11.3 Å². The molecule has 0 unspecified atom stereocenters. The topological polar surface area (TPSA) is 53.5 Å². The van der Waals surface area contributed by atoms with Crippen molar-refractivity contribution in [2.45, 2.75) is 19.9 Å². The number of aromatic nitrogens is 1. The molecule has 1 aliphatic heterocycles. The lowest BCUT2D eigenvalue weighted by atomic mass is 10.0. The molecule has 0 N–H and O–H groups in total. The smallest absolute Gasteiger partial charge is 0.255 e. The maximum atomic E-state index is 13.5. The summed E-state index contributed by atoms with van der Waals surface area (Å²) in [7, 11) is 0. The number of amides is 2. The number of anilines is 2. The molecule has 5 nitrogen and oxygen atoms in total. The fraction of sp³-hybridized carbons (Fsp3) is 0.174. The first kappa shape index (κ1) is 17.9. The van der Waals surface area contributed by atoms with Crippen molar-refractivity contribution in [1.29, 1.82) is 0 Å². The van der Waals surface area contributed by atoms with Gasteiger partial charge in [-0.1, -0.05) is 41.5 Å². The van der Waals surface area contributed by atoms with Crippen molar-refractivity contribution >= 4 is 23.2 Å². The van der Waals surface area contributed by atoms with Gasteiger partial charge in [-0.3, -0.25) is 19.5 Å². The van der Waals surface area contributed by atoms with Crippen LogP contribution >= 0.6 is 0 Å². The van der Waals surface area contributed by atoms with E-state index in [0.717, 1.165) is 16.8 Å². The summed E-state index contributed by atoms with van der Waals surface area (Å²) in [5, 5.41) is 0. The van der Waals surface area contributed by atoms with Crippen LogP contribution in [-0.4, -0.2) is 23.3 Å². The standard InChI is InChI=1S/C23H21N3O2/c1-16-5-9-19(10-6-16)25-15-21(27)26(20-11-7-17(2)8-12-20)22(23(25)28)18-4-3-13-24-14-18/h3-14,22H,15H2,1-2H3/t22-/m0/s1. The van der Waals surface area contributed by atoms with Gasteiger partial charge in [0.25, 0.3) is 5.91 Å². The Morgan fingerprint density at radius 1 is 0.857 bits per heavy atom. The van der Waals surface area contributed by atoms with Gasteiger partial charge in [0.15, 0.2) is 0 Å². The van der Waals surface area contributed by atoms with Crippen molar-refractivity contribution in [3.63, 3.8) is 0 Å². The Balaban J connectivity index is 1.79. The van der Waals surface area contributed by atoms with E-state index in [9.17, 15) is 9.59 Å². The maximum Gasteiger partial charge on any atom is 0.255 e. The summed E-state index contributed by atoms with van der Waals surface area (Å²) < 4.78 is 0. The van der Waals surface area contributed by atoms with Crippen LogP contribution in [0.4, 0.5) is 11.4 Å². The van der Waals surface area contributed by atoms with Gasteiger partial charge in [0.1, 0.15) is 12.6 Å². The van der Waals surface area contributed by atoms with Crippen molar-refractivity contribution in [1.82, 2.24) is 4.98 Å². The number of hydrogen-bond acceptors (Lipinski definition) is 3. The highest BCUT2D eigenvalue weighted by atomic mass is 16.2. The second kappa shape index (κ2) is 7.27. The van der Waals surface area contributed by atoms with Crippen molar-refractivity contribution in [2.24, 2.45) is 0 Å². The number of pyridine rings is 1. The summed E-state index contributed by atoms with van der Waals surface area (Å²) in [5.41, 5.74) is 4.32. The van der Waals surface area contributed by atoms with E-state index in [1.54, 1.807) is 28.3 Å². The molecule has 1 fully saturated rings. The number of aryl methyl sites for hydroxylation is 2. The zero-order valence-corrected chi connectivity index (χ0v) is 15.9. The Labute approximate surface area is 164 Å². The predicted molar refractivity (Wildman–Crippen MR) is 109 cm³/mol. The summed E-state index contributed by atoms with van der Waals surface area (Å²) in [6, 6.07) is 18.2. The maximum absolute atomic E-state index is 13.5. The van der Waals surface area contributed by atoms with Gasteiger partial charge in [-0.05, 0) is 44.2 Å². The quantitative estimate of drug-likeness (QED) is 0.703. The van der Waals surface area contributed by atoms with Crippen LogP contribution in [0, 0.1) is 13.8 Å². The van der Waals surface area contributed by atoms with Gasteiger partial charge in [0.05, 0.1) is 0 Å². The van der Waals surface area contributed by atoms with Crippen LogP contribution in [0.2, 0.25) is 0 Å². The second-order valence-electron chi connectivity index (χ2n) is 7.05. The summed E-state index contributed by atoms with van der Waals surface area (Å²) in [6.45, 7) is 3.99. The number of carbonyl (C=O) groups excluding carboxylic acids is 2. The molecule has 0 saturated carbocycles. The minimum Gasteiger partial charge on any atom is -0.301 e. The molecule has 3 aromatic rings. The SMILES string of the molecule is Cc1ccc(N2CC(=O)N(c3ccc(C)cc3)[C@@H](c3cccnc3)C2=O)cc1. The Morgan fingerprint density at radius 2 is 1.46 bits per heavy atom. The van der Waals surface area contributed by atoms with Crippen molar-refractivity contribution in [3.8, 4) is 0 Å². The van der Waals surface area contributed by atoms with Crippen LogP contribution in [0.1, 0.15) is 22.7 Å². The third kappa shape index (κ3) is 3.27. The average Bonchev–Trinajstić information content (AvgIpc) is 2.71. The van der Waals surface area contributed by atoms with E-state index in [4.69, 9.17) is 0 Å². The molecule has 2 aromatic carbocycles. The molecule has 2 amide bonds. The molecule has 140 valence electrons. The zero-order valence-electron chi connectivity index (χ0n) is 15.9. The van der Waals surface area contributed by atoms with E-state index < -0.39 is 6.04 Å². The number of rotatable bonds is 3. The zero-order chi connectivity index (χ0) is 19.7. The molecule has 1 atom stereocenters. The number of carbonyl (C=O) groups is 2. The number of piperazine rings is 1. The fourth-order valence-corrected chi connectivity index (χ4v) is 3.46. The summed E-state index contributed by atoms with van der Waals surface area (Å²) in [5.74, 6) is -0.269. The number of hydrogen-bond donors (Lipinski definition) is 0. The molecule has 0 spiro atoms. The lowest BCUT2D eigenvalue weighted by molar-refractivity contribution is -0.128. The third-order valence-electron chi connectivity index (χ3n) is 4.98. The highest BCUT2D eigenvalue weighted by Gasteiger charge is 2.41. The Kier molecular flexibility index (Phi) is 4.65. The normalized spacial score (nSPS) is 17.1. The molecule has 5 heteroatoms. The second-order valence-corrected chi connectivity index (χ2v) is 7.05. The molecular formula is C23H21N3O2. The van der Waals surface area contributed by atoms with Crippen LogP contribution in [0.25, 0.3) is 0 Å². The molecule has 0 bridgehead atoms. The van der Waals surface area contributed by atoms with Gasteiger partial charge in [0, 0.05) is 29.3 Å². The largest absolute Gasteiger partial charge is 0.301 e. The molecular weight excluding hydrogens is 350 g/mol. The minimum atomic E-state index is -0.751. The number of nitrogens with zero attached hydrogens (tertiary/aromatic N) is 3. The van der Waals surface area contributed by atoms with E-state index in [2.05, 4.69) is 4.98 Å². The fourth-order valence-electron chi connectivity index (χ4n) is 3.46. The first-order valence-corrected chi connectivity index (χ1v) is 9.21. The van der Waals surface area contributed by atoms with Gasteiger partial charge < -0.3 is 4.90 Å². The Bertz CT molecular complexity index is 998. The van der Waals surface area contributed by atoms with Gasteiger partial charge in [-0.2, -0.15) is 0 Å². The molecule has 1 aromatic heterocycles. The lowest BCUT2D eigenvalue weighted by Gasteiger charge is -2.40.